The summed E-state index contributed by atoms with van der Waals surface area (Å²) in [5.41, 5.74) is 0.179. The zero-order valence-corrected chi connectivity index (χ0v) is 10.6. The van der Waals surface area contributed by atoms with Crippen LogP contribution in [-0.2, 0) is 0 Å². The number of hydrogen-bond donors (Lipinski definition) is 3. The van der Waals surface area contributed by atoms with Gasteiger partial charge in [-0.05, 0) is 6.42 Å². The van der Waals surface area contributed by atoms with Gasteiger partial charge in [-0.1, -0.05) is 31.2 Å². The summed E-state index contributed by atoms with van der Waals surface area (Å²) in [5.74, 6) is -0.397. The molecule has 5 nitrogen and oxygen atoms in total. The van der Waals surface area contributed by atoms with Gasteiger partial charge < -0.3 is 15.5 Å². The number of rotatable bonds is 5. The predicted octanol–water partition coefficient (Wildman–Crippen LogP) is 2.12. The average molecular weight is 260 g/mol. The van der Waals surface area contributed by atoms with Gasteiger partial charge in [-0.3, -0.25) is 0 Å². The van der Waals surface area contributed by atoms with Gasteiger partial charge in [-0.25, -0.2) is 9.78 Å². The lowest BCUT2D eigenvalue weighted by Gasteiger charge is -2.16. The number of pyridine rings is 1. The summed E-state index contributed by atoms with van der Waals surface area (Å²) in [4.78, 5) is 15.3. The molecular weight excluding hydrogens is 244 g/mol. The normalized spacial score (nSPS) is 12.3. The fourth-order valence-corrected chi connectivity index (χ4v) is 1.95. The van der Waals surface area contributed by atoms with Crippen LogP contribution < -0.4 is 5.32 Å². The van der Waals surface area contributed by atoms with Crippen LogP contribution in [0.15, 0.2) is 30.5 Å². The summed E-state index contributed by atoms with van der Waals surface area (Å²) in [5, 5.41) is 22.9. The Bertz CT molecular complexity index is 594. The van der Waals surface area contributed by atoms with Gasteiger partial charge in [0.2, 0.25) is 0 Å². The van der Waals surface area contributed by atoms with Crippen LogP contribution in [0.1, 0.15) is 23.7 Å². The fourth-order valence-electron chi connectivity index (χ4n) is 1.95. The smallest absolute Gasteiger partial charge is 0.337 e. The van der Waals surface area contributed by atoms with Gasteiger partial charge in [-0.2, -0.15) is 0 Å². The lowest BCUT2D eigenvalue weighted by atomic mass is 10.1. The molecule has 5 heteroatoms. The number of fused-ring (bicyclic) bond motifs is 1. The average Bonchev–Trinajstić information content (AvgIpc) is 2.44. The molecule has 0 aliphatic rings. The molecule has 100 valence electrons. The Balaban J connectivity index is 2.52. The Kier molecular flexibility index (Phi) is 3.97. The minimum Gasteiger partial charge on any atom is -0.478 e. The molecule has 1 aromatic carbocycles. The zero-order valence-electron chi connectivity index (χ0n) is 10.6. The summed E-state index contributed by atoms with van der Waals surface area (Å²) in [6.07, 6.45) is 2.10. The van der Waals surface area contributed by atoms with Crippen LogP contribution in [0.3, 0.4) is 0 Å². The maximum absolute atomic E-state index is 11.2. The van der Waals surface area contributed by atoms with Crippen LogP contribution in [0.4, 0.5) is 5.82 Å². The number of carboxylic acids is 1. The number of hydrogen-bond acceptors (Lipinski definition) is 4. The second kappa shape index (κ2) is 5.67. The lowest BCUT2D eigenvalue weighted by molar-refractivity contribution is 0.0698. The number of anilines is 1. The first kappa shape index (κ1) is 13.3. The predicted molar refractivity (Wildman–Crippen MR) is 73.5 cm³/mol. The van der Waals surface area contributed by atoms with Crippen LogP contribution in [0.5, 0.6) is 0 Å². The van der Waals surface area contributed by atoms with Crippen LogP contribution >= 0.6 is 0 Å². The highest BCUT2D eigenvalue weighted by atomic mass is 16.4. The molecule has 19 heavy (non-hydrogen) atoms. The van der Waals surface area contributed by atoms with E-state index in [1.165, 1.54) is 6.20 Å². The summed E-state index contributed by atoms with van der Waals surface area (Å²) in [7, 11) is 0. The van der Waals surface area contributed by atoms with E-state index in [0.717, 1.165) is 11.8 Å². The highest BCUT2D eigenvalue weighted by molar-refractivity contribution is 6.06. The number of carbonyl (C=O) groups is 1. The maximum Gasteiger partial charge on any atom is 0.337 e. The molecule has 2 aromatic rings. The minimum absolute atomic E-state index is 0.00713. The van der Waals surface area contributed by atoms with E-state index in [2.05, 4.69) is 10.3 Å². The molecule has 0 radical (unpaired) electrons. The highest BCUT2D eigenvalue weighted by Gasteiger charge is 2.13. The molecule has 1 unspecified atom stereocenters. The second-order valence-electron chi connectivity index (χ2n) is 4.30. The van der Waals surface area contributed by atoms with E-state index in [4.69, 9.17) is 5.11 Å². The molecule has 0 amide bonds. The third kappa shape index (κ3) is 2.66. The first-order valence-corrected chi connectivity index (χ1v) is 6.15. The van der Waals surface area contributed by atoms with Crippen LogP contribution in [0.2, 0.25) is 0 Å². The highest BCUT2D eigenvalue weighted by Crippen LogP contribution is 2.25. The SMILES string of the molecule is CCC(CO)Nc1ncc(C(=O)O)c2ccccc12. The standard InChI is InChI=1S/C14H16N2O3/c1-2-9(8-17)16-13-11-6-4-3-5-10(11)12(7-15-13)14(18)19/h3-7,9,17H,2,8H2,1H3,(H,15,16)(H,18,19). The van der Waals surface area contributed by atoms with Gasteiger partial charge in [0.15, 0.2) is 0 Å². The fraction of sp³-hybridized carbons (Fsp3) is 0.286. The van der Waals surface area contributed by atoms with E-state index in [0.29, 0.717) is 11.2 Å². The summed E-state index contributed by atoms with van der Waals surface area (Å²) < 4.78 is 0. The van der Waals surface area contributed by atoms with Crippen molar-refractivity contribution in [1.82, 2.24) is 4.98 Å². The minimum atomic E-state index is -0.996. The number of nitrogens with zero attached hydrogens (tertiary/aromatic N) is 1. The molecule has 0 fully saturated rings. The van der Waals surface area contributed by atoms with E-state index in [1.54, 1.807) is 12.1 Å². The number of aromatic nitrogens is 1. The van der Waals surface area contributed by atoms with Crippen molar-refractivity contribution in [2.45, 2.75) is 19.4 Å². The van der Waals surface area contributed by atoms with Crippen molar-refractivity contribution < 1.29 is 15.0 Å². The van der Waals surface area contributed by atoms with Gasteiger partial charge in [0, 0.05) is 17.0 Å². The lowest BCUT2D eigenvalue weighted by Crippen LogP contribution is -2.23. The van der Waals surface area contributed by atoms with Crippen molar-refractivity contribution in [2.75, 3.05) is 11.9 Å². The summed E-state index contributed by atoms with van der Waals surface area (Å²) in [6.45, 7) is 1.97. The molecule has 0 saturated heterocycles. The number of benzene rings is 1. The molecule has 0 saturated carbocycles. The first-order valence-electron chi connectivity index (χ1n) is 6.15. The van der Waals surface area contributed by atoms with E-state index in [9.17, 15) is 9.90 Å². The van der Waals surface area contributed by atoms with Crippen molar-refractivity contribution in [1.29, 1.82) is 0 Å². The molecule has 0 aliphatic carbocycles. The van der Waals surface area contributed by atoms with Crippen molar-refractivity contribution in [2.24, 2.45) is 0 Å². The molecule has 0 spiro atoms. The van der Waals surface area contributed by atoms with E-state index < -0.39 is 5.97 Å². The topological polar surface area (TPSA) is 82.5 Å². The Morgan fingerprint density at radius 3 is 2.63 bits per heavy atom. The zero-order chi connectivity index (χ0) is 13.8. The largest absolute Gasteiger partial charge is 0.478 e. The van der Waals surface area contributed by atoms with Crippen LogP contribution in [0, 0.1) is 0 Å². The van der Waals surface area contributed by atoms with E-state index in [1.807, 2.05) is 19.1 Å². The van der Waals surface area contributed by atoms with E-state index in [-0.39, 0.29) is 18.2 Å². The summed E-state index contributed by atoms with van der Waals surface area (Å²) in [6, 6.07) is 7.11. The molecular formula is C14H16N2O3. The van der Waals surface area contributed by atoms with Gasteiger partial charge in [0.05, 0.1) is 18.2 Å². The van der Waals surface area contributed by atoms with Crippen molar-refractivity contribution >= 4 is 22.6 Å². The molecule has 3 N–H and O–H groups in total. The van der Waals surface area contributed by atoms with Gasteiger partial charge in [0.1, 0.15) is 5.82 Å². The third-order valence-electron chi connectivity index (χ3n) is 3.08. The number of nitrogens with one attached hydrogen (secondary N) is 1. The molecule has 0 bridgehead atoms. The maximum atomic E-state index is 11.2. The monoisotopic (exact) mass is 260 g/mol. The number of aliphatic hydroxyl groups is 1. The Morgan fingerprint density at radius 1 is 1.37 bits per heavy atom. The molecule has 1 aromatic heterocycles. The van der Waals surface area contributed by atoms with Crippen LogP contribution in [-0.4, -0.2) is 33.8 Å². The molecule has 0 aliphatic heterocycles. The Morgan fingerprint density at radius 2 is 2.05 bits per heavy atom. The third-order valence-corrected chi connectivity index (χ3v) is 3.08. The molecule has 2 rings (SSSR count). The quantitative estimate of drug-likeness (QED) is 0.767. The number of aliphatic hydroxyl groups excluding tert-OH is 1. The van der Waals surface area contributed by atoms with Crippen molar-refractivity contribution in [3.8, 4) is 0 Å². The Hall–Kier alpha value is -2.14. The van der Waals surface area contributed by atoms with Crippen molar-refractivity contribution in [3.63, 3.8) is 0 Å². The van der Waals surface area contributed by atoms with Gasteiger partial charge >= 0.3 is 5.97 Å². The molecule has 1 atom stereocenters. The number of carboxylic acid groups (broad SMARTS) is 1. The second-order valence-corrected chi connectivity index (χ2v) is 4.30. The van der Waals surface area contributed by atoms with Crippen molar-refractivity contribution in [3.05, 3.63) is 36.0 Å². The van der Waals surface area contributed by atoms with Gasteiger partial charge in [0.25, 0.3) is 0 Å². The van der Waals surface area contributed by atoms with Gasteiger partial charge in [-0.15, -0.1) is 0 Å². The first-order chi connectivity index (χ1) is 9.17. The molecule has 1 heterocycles. The number of aromatic carboxylic acids is 1. The summed E-state index contributed by atoms with van der Waals surface area (Å²) >= 11 is 0. The van der Waals surface area contributed by atoms with Crippen LogP contribution in [0.25, 0.3) is 10.8 Å². The Labute approximate surface area is 110 Å². The van der Waals surface area contributed by atoms with E-state index >= 15 is 0 Å².